The minimum atomic E-state index is -4.41. The number of rotatable bonds is 2. The molecule has 0 aliphatic carbocycles. The number of aryl methyl sites for hydroxylation is 1. The second-order valence-corrected chi connectivity index (χ2v) is 5.78. The van der Waals surface area contributed by atoms with Crippen LogP contribution in [0.4, 0.5) is 13.2 Å². The molecule has 0 radical (unpaired) electrons. The van der Waals surface area contributed by atoms with Gasteiger partial charge in [-0.1, -0.05) is 17.7 Å². The number of fused-ring (bicyclic) bond motifs is 1. The number of hydrogen-bond acceptors (Lipinski definition) is 2. The summed E-state index contributed by atoms with van der Waals surface area (Å²) < 4.78 is 43.3. The fourth-order valence-corrected chi connectivity index (χ4v) is 2.72. The quantitative estimate of drug-likeness (QED) is 0.890. The second kappa shape index (κ2) is 6.19. The van der Waals surface area contributed by atoms with Crippen LogP contribution in [0.3, 0.4) is 0 Å². The van der Waals surface area contributed by atoms with Gasteiger partial charge in [-0.2, -0.15) is 13.2 Å². The predicted octanol–water partition coefficient (Wildman–Crippen LogP) is 4.27. The number of ether oxygens (including phenoxy) is 1. The van der Waals surface area contributed by atoms with E-state index < -0.39 is 17.6 Å². The Kier molecular flexibility index (Phi) is 4.22. The number of halogens is 3. The molecule has 3 rings (SSSR count). The van der Waals surface area contributed by atoms with Gasteiger partial charge in [-0.15, -0.1) is 0 Å². The summed E-state index contributed by atoms with van der Waals surface area (Å²) in [6.45, 7) is 2.43. The molecular formula is C18H16F3NO2. The normalized spacial score (nSPS) is 16.9. The lowest BCUT2D eigenvalue weighted by molar-refractivity contribution is -0.137. The fourth-order valence-electron chi connectivity index (χ4n) is 2.72. The smallest absolute Gasteiger partial charge is 0.416 e. The van der Waals surface area contributed by atoms with Crippen LogP contribution in [0.25, 0.3) is 0 Å². The van der Waals surface area contributed by atoms with E-state index in [0.29, 0.717) is 13.0 Å². The number of hydrogen-bond donors (Lipinski definition) is 1. The number of carbonyl (C=O) groups excluding carboxylic acids is 1. The van der Waals surface area contributed by atoms with Gasteiger partial charge in [0.15, 0.2) is 0 Å². The van der Waals surface area contributed by atoms with Crippen molar-refractivity contribution in [3.63, 3.8) is 0 Å². The van der Waals surface area contributed by atoms with Crippen LogP contribution in [0.1, 0.15) is 39.5 Å². The summed E-state index contributed by atoms with van der Waals surface area (Å²) in [6, 6.07) is 9.73. The van der Waals surface area contributed by atoms with Gasteiger partial charge in [-0.25, -0.2) is 0 Å². The summed E-state index contributed by atoms with van der Waals surface area (Å²) in [5.74, 6) is 0.327. The lowest BCUT2D eigenvalue weighted by atomic mass is 9.98. The van der Waals surface area contributed by atoms with Crippen LogP contribution in [0.5, 0.6) is 5.75 Å². The molecular weight excluding hydrogens is 319 g/mol. The third-order valence-corrected chi connectivity index (χ3v) is 3.98. The lowest BCUT2D eigenvalue weighted by Crippen LogP contribution is -2.32. The first-order valence-electron chi connectivity index (χ1n) is 7.56. The number of carbonyl (C=O) groups is 1. The SMILES string of the molecule is Cc1ccc2c(c1)C(NC(=O)c1ccc(C(F)(F)F)cc1)CCO2. The van der Waals surface area contributed by atoms with Crippen molar-refractivity contribution in [3.05, 3.63) is 64.7 Å². The summed E-state index contributed by atoms with van der Waals surface area (Å²) in [6.07, 6.45) is -3.80. The van der Waals surface area contributed by atoms with Gasteiger partial charge in [0.1, 0.15) is 5.75 Å². The molecule has 1 amide bonds. The maximum Gasteiger partial charge on any atom is 0.416 e. The molecule has 0 bridgehead atoms. The van der Waals surface area contributed by atoms with Crippen LogP contribution < -0.4 is 10.1 Å². The Labute approximate surface area is 137 Å². The maximum absolute atomic E-state index is 12.6. The van der Waals surface area contributed by atoms with E-state index >= 15 is 0 Å². The molecule has 1 aliphatic heterocycles. The molecule has 0 spiro atoms. The molecule has 2 aromatic carbocycles. The Morgan fingerprint density at radius 2 is 1.88 bits per heavy atom. The van der Waals surface area contributed by atoms with Crippen LogP contribution in [0, 0.1) is 6.92 Å². The van der Waals surface area contributed by atoms with Gasteiger partial charge < -0.3 is 10.1 Å². The highest BCUT2D eigenvalue weighted by atomic mass is 19.4. The van der Waals surface area contributed by atoms with Gasteiger partial charge in [0, 0.05) is 17.5 Å². The van der Waals surface area contributed by atoms with Crippen molar-refractivity contribution < 1.29 is 22.7 Å². The highest BCUT2D eigenvalue weighted by Crippen LogP contribution is 2.33. The van der Waals surface area contributed by atoms with Crippen molar-refractivity contribution in [3.8, 4) is 5.75 Å². The zero-order chi connectivity index (χ0) is 17.3. The van der Waals surface area contributed by atoms with E-state index in [1.807, 2.05) is 25.1 Å². The molecule has 1 heterocycles. The molecule has 1 unspecified atom stereocenters. The Morgan fingerprint density at radius 1 is 1.17 bits per heavy atom. The Bertz CT molecular complexity index is 754. The van der Waals surface area contributed by atoms with Crippen LogP contribution in [-0.4, -0.2) is 12.5 Å². The topological polar surface area (TPSA) is 38.3 Å². The number of alkyl halides is 3. The van der Waals surface area contributed by atoms with Crippen molar-refractivity contribution in [2.75, 3.05) is 6.61 Å². The number of nitrogens with one attached hydrogen (secondary N) is 1. The first kappa shape index (κ1) is 16.4. The zero-order valence-corrected chi connectivity index (χ0v) is 13.0. The van der Waals surface area contributed by atoms with E-state index in [9.17, 15) is 18.0 Å². The van der Waals surface area contributed by atoms with Crippen molar-refractivity contribution in [2.24, 2.45) is 0 Å². The number of benzene rings is 2. The van der Waals surface area contributed by atoms with E-state index in [2.05, 4.69) is 5.32 Å². The fraction of sp³-hybridized carbons (Fsp3) is 0.278. The standard InChI is InChI=1S/C18H16F3NO2/c1-11-2-7-16-14(10-11)15(8-9-24-16)22-17(23)12-3-5-13(6-4-12)18(19,20)21/h2-7,10,15H,8-9H2,1H3,(H,22,23). The predicted molar refractivity (Wildman–Crippen MR) is 82.9 cm³/mol. The van der Waals surface area contributed by atoms with Crippen molar-refractivity contribution in [1.29, 1.82) is 0 Å². The summed E-state index contributed by atoms with van der Waals surface area (Å²) in [4.78, 5) is 12.3. The second-order valence-electron chi connectivity index (χ2n) is 5.78. The van der Waals surface area contributed by atoms with E-state index in [0.717, 1.165) is 29.0 Å². The van der Waals surface area contributed by atoms with Crippen LogP contribution >= 0.6 is 0 Å². The van der Waals surface area contributed by atoms with Gasteiger partial charge in [0.05, 0.1) is 18.2 Å². The minimum Gasteiger partial charge on any atom is -0.493 e. The third-order valence-electron chi connectivity index (χ3n) is 3.98. The third kappa shape index (κ3) is 3.37. The minimum absolute atomic E-state index is 0.198. The van der Waals surface area contributed by atoms with E-state index in [1.54, 1.807) is 0 Å². The highest BCUT2D eigenvalue weighted by molar-refractivity contribution is 5.94. The molecule has 0 saturated heterocycles. The average Bonchev–Trinajstić information content (AvgIpc) is 2.54. The van der Waals surface area contributed by atoms with Crippen LogP contribution in [-0.2, 0) is 6.18 Å². The molecule has 126 valence electrons. The largest absolute Gasteiger partial charge is 0.493 e. The zero-order valence-electron chi connectivity index (χ0n) is 13.0. The average molecular weight is 335 g/mol. The summed E-state index contributed by atoms with van der Waals surface area (Å²) in [5, 5.41) is 2.88. The van der Waals surface area contributed by atoms with Crippen molar-refractivity contribution in [1.82, 2.24) is 5.32 Å². The van der Waals surface area contributed by atoms with E-state index in [1.165, 1.54) is 12.1 Å². The molecule has 1 N–H and O–H groups in total. The molecule has 0 aromatic heterocycles. The molecule has 1 atom stereocenters. The van der Waals surface area contributed by atoms with Gasteiger partial charge in [-0.3, -0.25) is 4.79 Å². The van der Waals surface area contributed by atoms with Gasteiger partial charge >= 0.3 is 6.18 Å². The highest BCUT2D eigenvalue weighted by Gasteiger charge is 2.30. The first-order chi connectivity index (χ1) is 11.3. The van der Waals surface area contributed by atoms with Crippen LogP contribution in [0.15, 0.2) is 42.5 Å². The van der Waals surface area contributed by atoms with Crippen LogP contribution in [0.2, 0.25) is 0 Å². The Balaban J connectivity index is 1.78. The summed E-state index contributed by atoms with van der Waals surface area (Å²) >= 11 is 0. The molecule has 6 heteroatoms. The Morgan fingerprint density at radius 3 is 2.54 bits per heavy atom. The maximum atomic E-state index is 12.6. The number of amides is 1. The van der Waals surface area contributed by atoms with Crippen molar-refractivity contribution >= 4 is 5.91 Å². The van der Waals surface area contributed by atoms with Crippen molar-refractivity contribution in [2.45, 2.75) is 25.6 Å². The van der Waals surface area contributed by atoms with E-state index in [4.69, 9.17) is 4.74 Å². The summed E-state index contributed by atoms with van der Waals surface area (Å²) in [5.41, 5.74) is 1.37. The van der Waals surface area contributed by atoms with E-state index in [-0.39, 0.29) is 11.6 Å². The van der Waals surface area contributed by atoms with Gasteiger partial charge in [0.2, 0.25) is 0 Å². The molecule has 2 aromatic rings. The van der Waals surface area contributed by atoms with Gasteiger partial charge in [0.25, 0.3) is 5.91 Å². The molecule has 24 heavy (non-hydrogen) atoms. The monoisotopic (exact) mass is 335 g/mol. The van der Waals surface area contributed by atoms with Gasteiger partial charge in [-0.05, 0) is 37.3 Å². The lowest BCUT2D eigenvalue weighted by Gasteiger charge is -2.27. The molecule has 0 saturated carbocycles. The Hall–Kier alpha value is -2.50. The molecule has 1 aliphatic rings. The molecule has 0 fully saturated rings. The molecule has 3 nitrogen and oxygen atoms in total. The first-order valence-corrected chi connectivity index (χ1v) is 7.56. The summed E-state index contributed by atoms with van der Waals surface area (Å²) in [7, 11) is 0.